The summed E-state index contributed by atoms with van der Waals surface area (Å²) in [6.07, 6.45) is 5.72. The van der Waals surface area contributed by atoms with Crippen LogP contribution in [0.2, 0.25) is 0 Å². The second-order valence-electron chi connectivity index (χ2n) is 6.53. The predicted octanol–water partition coefficient (Wildman–Crippen LogP) is 0.842. The minimum atomic E-state index is -0.386. The van der Waals surface area contributed by atoms with E-state index < -0.39 is 0 Å². The predicted molar refractivity (Wildman–Crippen MR) is 82.3 cm³/mol. The topological polar surface area (TPSA) is 44.8 Å². The highest BCUT2D eigenvalue weighted by Gasteiger charge is 2.57. The highest BCUT2D eigenvalue weighted by atomic mass is 16.5. The van der Waals surface area contributed by atoms with Gasteiger partial charge in [-0.15, -0.1) is 0 Å². The molecule has 0 saturated carbocycles. The van der Waals surface area contributed by atoms with Crippen LogP contribution < -0.4 is 5.32 Å². The molecule has 3 saturated heterocycles. The molecule has 0 aromatic rings. The third-order valence-electron chi connectivity index (χ3n) is 5.48. The smallest absolute Gasteiger partial charge is 0.328 e. The van der Waals surface area contributed by atoms with E-state index in [4.69, 9.17) is 4.74 Å². The van der Waals surface area contributed by atoms with Gasteiger partial charge < -0.3 is 10.1 Å². The molecule has 2 atom stereocenters. The Bertz CT molecular complexity index is 369. The lowest BCUT2D eigenvalue weighted by atomic mass is 9.83. The van der Waals surface area contributed by atoms with E-state index in [0.29, 0.717) is 12.6 Å². The molecule has 3 heterocycles. The molecule has 0 aliphatic carbocycles. The number of rotatable bonds is 3. The molecule has 1 N–H and O–H groups in total. The Morgan fingerprint density at radius 1 is 1.19 bits per heavy atom. The minimum absolute atomic E-state index is 0.0290. The van der Waals surface area contributed by atoms with Gasteiger partial charge in [-0.05, 0) is 45.7 Å². The molecule has 0 aromatic carbocycles. The molecule has 2 unspecified atom stereocenters. The Balaban J connectivity index is 1.88. The van der Waals surface area contributed by atoms with Crippen LogP contribution in [0.1, 0.15) is 39.0 Å². The van der Waals surface area contributed by atoms with Crippen molar-refractivity contribution in [1.29, 1.82) is 0 Å². The molecule has 120 valence electrons. The van der Waals surface area contributed by atoms with Crippen LogP contribution in [0.25, 0.3) is 0 Å². The number of carbonyl (C=O) groups is 1. The minimum Gasteiger partial charge on any atom is -0.465 e. The van der Waals surface area contributed by atoms with Crippen LogP contribution in [-0.2, 0) is 9.53 Å². The van der Waals surface area contributed by atoms with E-state index >= 15 is 0 Å². The van der Waals surface area contributed by atoms with Gasteiger partial charge in [-0.3, -0.25) is 9.80 Å². The van der Waals surface area contributed by atoms with Crippen molar-refractivity contribution in [2.75, 3.05) is 45.9 Å². The van der Waals surface area contributed by atoms with Gasteiger partial charge in [-0.1, -0.05) is 6.42 Å². The van der Waals surface area contributed by atoms with Crippen molar-refractivity contribution in [2.45, 2.75) is 50.6 Å². The number of esters is 1. The van der Waals surface area contributed by atoms with Crippen molar-refractivity contribution in [3.63, 3.8) is 0 Å². The quantitative estimate of drug-likeness (QED) is 0.782. The number of carbonyl (C=O) groups excluding carboxylic acids is 1. The molecule has 0 radical (unpaired) electrons. The average molecular weight is 295 g/mol. The standard InChI is InChI=1S/C16H29N3O2/c1-2-21-15(20)16(19-11-5-8-17-9-13-19)7-12-18-10-4-3-6-14(16)18/h14,17H,2-13H2,1H3. The van der Waals surface area contributed by atoms with Crippen LogP contribution in [0.5, 0.6) is 0 Å². The number of hydrogen-bond acceptors (Lipinski definition) is 5. The molecule has 3 fully saturated rings. The maximum atomic E-state index is 12.9. The van der Waals surface area contributed by atoms with E-state index in [0.717, 1.165) is 58.5 Å². The number of fused-ring (bicyclic) bond motifs is 1. The summed E-state index contributed by atoms with van der Waals surface area (Å²) in [6.45, 7) is 8.62. The number of nitrogens with one attached hydrogen (secondary N) is 1. The van der Waals surface area contributed by atoms with Crippen molar-refractivity contribution < 1.29 is 9.53 Å². The van der Waals surface area contributed by atoms with E-state index in [2.05, 4.69) is 15.1 Å². The number of piperidine rings is 1. The Morgan fingerprint density at radius 3 is 2.95 bits per heavy atom. The summed E-state index contributed by atoms with van der Waals surface area (Å²) >= 11 is 0. The Hall–Kier alpha value is -0.650. The van der Waals surface area contributed by atoms with Crippen LogP contribution >= 0.6 is 0 Å². The second-order valence-corrected chi connectivity index (χ2v) is 6.53. The summed E-state index contributed by atoms with van der Waals surface area (Å²) in [5.74, 6) is 0.0290. The monoisotopic (exact) mass is 295 g/mol. The summed E-state index contributed by atoms with van der Waals surface area (Å²) in [5.41, 5.74) is -0.386. The summed E-state index contributed by atoms with van der Waals surface area (Å²) < 4.78 is 5.54. The van der Waals surface area contributed by atoms with Gasteiger partial charge in [0.05, 0.1) is 6.61 Å². The van der Waals surface area contributed by atoms with Gasteiger partial charge in [0, 0.05) is 32.2 Å². The maximum absolute atomic E-state index is 12.9. The first-order valence-corrected chi connectivity index (χ1v) is 8.66. The zero-order valence-corrected chi connectivity index (χ0v) is 13.3. The molecular weight excluding hydrogens is 266 g/mol. The molecule has 5 nitrogen and oxygen atoms in total. The fraction of sp³-hybridized carbons (Fsp3) is 0.938. The van der Waals surface area contributed by atoms with Crippen molar-refractivity contribution in [3.8, 4) is 0 Å². The van der Waals surface area contributed by atoms with E-state index in [9.17, 15) is 4.79 Å². The molecule has 0 bridgehead atoms. The first kappa shape index (κ1) is 15.3. The van der Waals surface area contributed by atoms with Gasteiger partial charge in [0.1, 0.15) is 5.54 Å². The van der Waals surface area contributed by atoms with E-state index in [1.54, 1.807) is 0 Å². The zero-order chi connectivity index (χ0) is 14.7. The van der Waals surface area contributed by atoms with Crippen molar-refractivity contribution in [1.82, 2.24) is 15.1 Å². The summed E-state index contributed by atoms with van der Waals surface area (Å²) in [4.78, 5) is 17.9. The van der Waals surface area contributed by atoms with E-state index in [-0.39, 0.29) is 11.5 Å². The summed E-state index contributed by atoms with van der Waals surface area (Å²) in [5, 5.41) is 3.45. The molecule has 0 spiro atoms. The van der Waals surface area contributed by atoms with Crippen LogP contribution in [0.4, 0.5) is 0 Å². The molecule has 5 heteroatoms. The Kier molecular flexibility index (Phi) is 4.82. The molecule has 3 aliphatic heterocycles. The number of nitrogens with zero attached hydrogens (tertiary/aromatic N) is 2. The molecule has 3 aliphatic rings. The lowest BCUT2D eigenvalue weighted by Gasteiger charge is -2.45. The molecule has 21 heavy (non-hydrogen) atoms. The van der Waals surface area contributed by atoms with Crippen LogP contribution in [0.15, 0.2) is 0 Å². The van der Waals surface area contributed by atoms with E-state index in [1.807, 2.05) is 6.92 Å². The van der Waals surface area contributed by atoms with Gasteiger partial charge in [-0.2, -0.15) is 0 Å². The summed E-state index contributed by atoms with van der Waals surface area (Å²) in [7, 11) is 0. The average Bonchev–Trinajstić information content (AvgIpc) is 2.69. The highest BCUT2D eigenvalue weighted by molar-refractivity contribution is 5.82. The fourth-order valence-corrected chi connectivity index (χ4v) is 4.52. The second kappa shape index (κ2) is 6.63. The lowest BCUT2D eigenvalue weighted by molar-refractivity contribution is -0.160. The van der Waals surface area contributed by atoms with Gasteiger partial charge in [-0.25, -0.2) is 4.79 Å². The number of ether oxygens (including phenoxy) is 1. The van der Waals surface area contributed by atoms with Gasteiger partial charge in [0.2, 0.25) is 0 Å². The normalized spacial score (nSPS) is 35.2. The third-order valence-corrected chi connectivity index (χ3v) is 5.48. The maximum Gasteiger partial charge on any atom is 0.328 e. The zero-order valence-electron chi connectivity index (χ0n) is 13.3. The Morgan fingerprint density at radius 2 is 2.10 bits per heavy atom. The summed E-state index contributed by atoms with van der Waals surface area (Å²) in [6, 6.07) is 0.364. The highest BCUT2D eigenvalue weighted by Crippen LogP contribution is 2.40. The van der Waals surface area contributed by atoms with E-state index in [1.165, 1.54) is 12.8 Å². The third kappa shape index (κ3) is 2.71. The van der Waals surface area contributed by atoms with Crippen molar-refractivity contribution in [2.24, 2.45) is 0 Å². The largest absolute Gasteiger partial charge is 0.465 e. The van der Waals surface area contributed by atoms with Crippen molar-refractivity contribution in [3.05, 3.63) is 0 Å². The lowest BCUT2D eigenvalue weighted by Crippen LogP contribution is -2.63. The first-order valence-electron chi connectivity index (χ1n) is 8.66. The number of hydrogen-bond donors (Lipinski definition) is 1. The molecule has 3 rings (SSSR count). The molecular formula is C16H29N3O2. The van der Waals surface area contributed by atoms with Gasteiger partial charge >= 0.3 is 5.97 Å². The van der Waals surface area contributed by atoms with Crippen LogP contribution in [-0.4, -0.2) is 73.2 Å². The fourth-order valence-electron chi connectivity index (χ4n) is 4.52. The SMILES string of the molecule is CCOC(=O)C1(N2CCCNCC2)CCN2CCCCC21. The Labute approximate surface area is 128 Å². The van der Waals surface area contributed by atoms with Gasteiger partial charge in [0.15, 0.2) is 0 Å². The van der Waals surface area contributed by atoms with Crippen molar-refractivity contribution >= 4 is 5.97 Å². The first-order chi connectivity index (χ1) is 10.3. The molecule has 0 amide bonds. The van der Waals surface area contributed by atoms with Gasteiger partial charge in [0.25, 0.3) is 0 Å². The van der Waals surface area contributed by atoms with Crippen LogP contribution in [0, 0.1) is 0 Å². The molecule has 0 aromatic heterocycles. The van der Waals surface area contributed by atoms with Crippen LogP contribution in [0.3, 0.4) is 0 Å².